The zero-order valence-electron chi connectivity index (χ0n) is 15.4. The molecule has 128 valence electrons. The molecule has 1 heterocycles. The summed E-state index contributed by atoms with van der Waals surface area (Å²) in [6, 6.07) is 4.89. The van der Waals surface area contributed by atoms with Crippen LogP contribution in [0.1, 0.15) is 49.1 Å². The van der Waals surface area contributed by atoms with Gasteiger partial charge in [0.05, 0.1) is 18.5 Å². The summed E-state index contributed by atoms with van der Waals surface area (Å²) in [5.41, 5.74) is 7.24. The lowest BCUT2D eigenvalue weighted by atomic mass is 9.87. The molecule has 0 fully saturated rings. The quantitative estimate of drug-likeness (QED) is 0.881. The number of hydrogen-bond acceptors (Lipinski definition) is 4. The number of nitrogens with one attached hydrogen (secondary N) is 1. The van der Waals surface area contributed by atoms with E-state index in [2.05, 4.69) is 45.1 Å². The molecular formula is C20H27N3O. The van der Waals surface area contributed by atoms with E-state index in [1.54, 1.807) is 7.11 Å². The van der Waals surface area contributed by atoms with E-state index in [4.69, 9.17) is 14.7 Å². The number of methoxy groups -OCH3 is 1. The van der Waals surface area contributed by atoms with Gasteiger partial charge in [-0.15, -0.1) is 0 Å². The predicted molar refractivity (Wildman–Crippen MR) is 98.9 cm³/mol. The molecule has 0 spiro atoms. The molecule has 0 unspecified atom stereocenters. The average Bonchev–Trinajstić information content (AvgIpc) is 2.58. The SMILES string of the molecule is CCC(CC)Nc1nc2c(nc1OC)-c1c(C)cc(C)cc1CC2. The van der Waals surface area contributed by atoms with Gasteiger partial charge in [-0.1, -0.05) is 31.5 Å². The fourth-order valence-corrected chi connectivity index (χ4v) is 3.60. The molecule has 0 atom stereocenters. The number of hydrogen-bond donors (Lipinski definition) is 1. The second kappa shape index (κ2) is 6.80. The van der Waals surface area contributed by atoms with Gasteiger partial charge >= 0.3 is 0 Å². The smallest absolute Gasteiger partial charge is 0.257 e. The first-order valence-corrected chi connectivity index (χ1v) is 8.89. The molecule has 1 aromatic heterocycles. The highest BCUT2D eigenvalue weighted by atomic mass is 16.5. The van der Waals surface area contributed by atoms with Crippen LogP contribution in [0.25, 0.3) is 11.3 Å². The number of aryl methyl sites for hydroxylation is 4. The number of ether oxygens (including phenoxy) is 1. The van der Waals surface area contributed by atoms with Crippen LogP contribution < -0.4 is 10.1 Å². The number of nitrogens with zero attached hydrogens (tertiary/aromatic N) is 2. The van der Waals surface area contributed by atoms with Crippen molar-refractivity contribution in [2.24, 2.45) is 0 Å². The number of benzene rings is 1. The van der Waals surface area contributed by atoms with Crippen molar-refractivity contribution < 1.29 is 4.74 Å². The zero-order chi connectivity index (χ0) is 17.3. The van der Waals surface area contributed by atoms with Crippen molar-refractivity contribution in [3.8, 4) is 17.1 Å². The Bertz CT molecular complexity index is 751. The van der Waals surface area contributed by atoms with Crippen LogP contribution in [0.4, 0.5) is 5.82 Å². The van der Waals surface area contributed by atoms with E-state index in [1.165, 1.54) is 22.3 Å². The maximum Gasteiger partial charge on any atom is 0.257 e. The maximum absolute atomic E-state index is 5.54. The molecule has 4 nitrogen and oxygen atoms in total. The Morgan fingerprint density at radius 2 is 1.88 bits per heavy atom. The summed E-state index contributed by atoms with van der Waals surface area (Å²) in [6.07, 6.45) is 4.06. The largest absolute Gasteiger partial charge is 0.478 e. The van der Waals surface area contributed by atoms with E-state index >= 15 is 0 Å². The molecule has 0 saturated carbocycles. The molecule has 1 aromatic carbocycles. The van der Waals surface area contributed by atoms with Crippen LogP contribution in [0.5, 0.6) is 5.88 Å². The molecule has 3 rings (SSSR count). The van der Waals surface area contributed by atoms with Crippen molar-refractivity contribution in [2.45, 2.75) is 59.4 Å². The van der Waals surface area contributed by atoms with Gasteiger partial charge in [0, 0.05) is 11.6 Å². The lowest BCUT2D eigenvalue weighted by molar-refractivity contribution is 0.397. The summed E-state index contributed by atoms with van der Waals surface area (Å²) in [5, 5.41) is 3.50. The maximum atomic E-state index is 5.54. The molecule has 0 amide bonds. The Hall–Kier alpha value is -2.10. The summed E-state index contributed by atoms with van der Waals surface area (Å²) in [5.74, 6) is 1.37. The summed E-state index contributed by atoms with van der Waals surface area (Å²) in [7, 11) is 1.67. The topological polar surface area (TPSA) is 47.0 Å². The van der Waals surface area contributed by atoms with Crippen molar-refractivity contribution in [1.29, 1.82) is 0 Å². The Morgan fingerprint density at radius 3 is 2.54 bits per heavy atom. The molecule has 1 N–H and O–H groups in total. The minimum Gasteiger partial charge on any atom is -0.478 e. The number of fused-ring (bicyclic) bond motifs is 3. The molecule has 4 heteroatoms. The highest BCUT2D eigenvalue weighted by Gasteiger charge is 2.24. The van der Waals surface area contributed by atoms with Gasteiger partial charge in [-0.05, 0) is 50.7 Å². The fourth-order valence-electron chi connectivity index (χ4n) is 3.60. The number of aromatic nitrogens is 2. The van der Waals surface area contributed by atoms with Gasteiger partial charge in [0.25, 0.3) is 5.88 Å². The van der Waals surface area contributed by atoms with E-state index in [0.717, 1.165) is 42.9 Å². The monoisotopic (exact) mass is 325 g/mol. The van der Waals surface area contributed by atoms with Crippen LogP contribution in [-0.4, -0.2) is 23.1 Å². The molecule has 1 aliphatic carbocycles. The average molecular weight is 325 g/mol. The third kappa shape index (κ3) is 2.97. The zero-order valence-corrected chi connectivity index (χ0v) is 15.4. The van der Waals surface area contributed by atoms with E-state index in [9.17, 15) is 0 Å². The van der Waals surface area contributed by atoms with Gasteiger partial charge in [0.15, 0.2) is 5.82 Å². The lowest BCUT2D eigenvalue weighted by Crippen LogP contribution is -2.20. The minimum atomic E-state index is 0.395. The van der Waals surface area contributed by atoms with Gasteiger partial charge in [-0.25, -0.2) is 9.97 Å². The fraction of sp³-hybridized carbons (Fsp3) is 0.500. The van der Waals surface area contributed by atoms with Crippen LogP contribution in [0.2, 0.25) is 0 Å². The third-order valence-electron chi connectivity index (χ3n) is 4.89. The van der Waals surface area contributed by atoms with Crippen molar-refractivity contribution in [2.75, 3.05) is 12.4 Å². The van der Waals surface area contributed by atoms with Gasteiger partial charge in [0.1, 0.15) is 0 Å². The lowest BCUT2D eigenvalue weighted by Gasteiger charge is -2.24. The van der Waals surface area contributed by atoms with Crippen molar-refractivity contribution >= 4 is 5.82 Å². The van der Waals surface area contributed by atoms with Crippen LogP contribution in [0.15, 0.2) is 12.1 Å². The Labute approximate surface area is 144 Å². The highest BCUT2D eigenvalue weighted by molar-refractivity contribution is 5.74. The van der Waals surface area contributed by atoms with Gasteiger partial charge < -0.3 is 10.1 Å². The predicted octanol–water partition coefficient (Wildman–Crippen LogP) is 4.47. The molecule has 0 aliphatic heterocycles. The van der Waals surface area contributed by atoms with Gasteiger partial charge in [-0.3, -0.25) is 0 Å². The van der Waals surface area contributed by atoms with Crippen molar-refractivity contribution in [3.63, 3.8) is 0 Å². The summed E-state index contributed by atoms with van der Waals surface area (Å²) in [6.45, 7) is 8.67. The third-order valence-corrected chi connectivity index (χ3v) is 4.89. The summed E-state index contributed by atoms with van der Waals surface area (Å²) in [4.78, 5) is 9.72. The molecule has 0 radical (unpaired) electrons. The van der Waals surface area contributed by atoms with Crippen molar-refractivity contribution in [3.05, 3.63) is 34.5 Å². The molecule has 1 aliphatic rings. The Kier molecular flexibility index (Phi) is 4.74. The van der Waals surface area contributed by atoms with E-state index in [1.807, 2.05) is 0 Å². The Balaban J connectivity index is 2.09. The molecule has 0 saturated heterocycles. The first-order chi connectivity index (χ1) is 11.6. The first kappa shape index (κ1) is 16.7. The van der Waals surface area contributed by atoms with Crippen LogP contribution in [0, 0.1) is 13.8 Å². The summed E-state index contributed by atoms with van der Waals surface area (Å²) < 4.78 is 5.54. The van der Waals surface area contributed by atoms with E-state index < -0.39 is 0 Å². The number of anilines is 1. The van der Waals surface area contributed by atoms with Gasteiger partial charge in [0.2, 0.25) is 0 Å². The van der Waals surface area contributed by atoms with E-state index in [-0.39, 0.29) is 0 Å². The molecule has 24 heavy (non-hydrogen) atoms. The second-order valence-electron chi connectivity index (χ2n) is 6.65. The van der Waals surface area contributed by atoms with Crippen LogP contribution >= 0.6 is 0 Å². The van der Waals surface area contributed by atoms with E-state index in [0.29, 0.717) is 11.9 Å². The molecular weight excluding hydrogens is 298 g/mol. The number of rotatable bonds is 5. The minimum absolute atomic E-state index is 0.395. The highest BCUT2D eigenvalue weighted by Crippen LogP contribution is 2.37. The molecule has 0 bridgehead atoms. The van der Waals surface area contributed by atoms with Crippen LogP contribution in [-0.2, 0) is 12.8 Å². The van der Waals surface area contributed by atoms with Crippen LogP contribution in [0.3, 0.4) is 0 Å². The second-order valence-corrected chi connectivity index (χ2v) is 6.65. The molecule has 2 aromatic rings. The van der Waals surface area contributed by atoms with Crippen molar-refractivity contribution in [1.82, 2.24) is 9.97 Å². The summed E-state index contributed by atoms with van der Waals surface area (Å²) >= 11 is 0. The normalized spacial score (nSPS) is 12.8. The Morgan fingerprint density at radius 1 is 1.12 bits per heavy atom. The van der Waals surface area contributed by atoms with Gasteiger partial charge in [-0.2, -0.15) is 0 Å². The first-order valence-electron chi connectivity index (χ1n) is 8.89. The standard InChI is InChI=1S/C20H27N3O/c1-6-15(7-2)21-19-20(24-5)23-18-16(22-19)9-8-14-11-12(3)10-13(4)17(14)18/h10-11,15H,6-9H2,1-5H3,(H,21,22).